The molecule has 2 N–H and O–H groups in total. The lowest BCUT2D eigenvalue weighted by Gasteiger charge is -2.13. The van der Waals surface area contributed by atoms with Crippen LogP contribution in [0.25, 0.3) is 0 Å². The van der Waals surface area contributed by atoms with Gasteiger partial charge >= 0.3 is 0 Å². The molecule has 0 saturated carbocycles. The number of amides is 2. The molecule has 2 aromatic carbocycles. The van der Waals surface area contributed by atoms with Gasteiger partial charge in [-0.15, -0.1) is 0 Å². The van der Waals surface area contributed by atoms with Crippen LogP contribution >= 0.6 is 15.9 Å². The van der Waals surface area contributed by atoms with E-state index in [4.69, 9.17) is 4.74 Å². The van der Waals surface area contributed by atoms with Gasteiger partial charge in [0.1, 0.15) is 5.75 Å². The van der Waals surface area contributed by atoms with Crippen LogP contribution in [-0.4, -0.2) is 25.5 Å². The van der Waals surface area contributed by atoms with Crippen molar-refractivity contribution < 1.29 is 14.3 Å². The lowest BCUT2D eigenvalue weighted by molar-refractivity contribution is -0.120. The largest absolute Gasteiger partial charge is 0.493 e. The second kappa shape index (κ2) is 10.9. The molecule has 0 aliphatic rings. The zero-order valence-electron chi connectivity index (χ0n) is 16.5. The molecular weight excluding hydrogens is 420 g/mol. The van der Waals surface area contributed by atoms with E-state index < -0.39 is 0 Å². The van der Waals surface area contributed by atoms with Gasteiger partial charge in [-0.1, -0.05) is 41.9 Å². The van der Waals surface area contributed by atoms with Crippen molar-refractivity contribution in [1.29, 1.82) is 0 Å². The fourth-order valence-electron chi connectivity index (χ4n) is 2.55. The molecular formula is C22H27BrN2O3. The van der Waals surface area contributed by atoms with Crippen LogP contribution in [0.5, 0.6) is 5.75 Å². The van der Waals surface area contributed by atoms with Gasteiger partial charge in [-0.3, -0.25) is 9.59 Å². The minimum absolute atomic E-state index is 0.0111. The first-order valence-electron chi connectivity index (χ1n) is 9.42. The molecule has 2 rings (SSSR count). The predicted molar refractivity (Wildman–Crippen MR) is 116 cm³/mol. The molecule has 0 radical (unpaired) electrons. The van der Waals surface area contributed by atoms with Gasteiger partial charge in [0.2, 0.25) is 5.91 Å². The summed E-state index contributed by atoms with van der Waals surface area (Å²) in [7, 11) is 1.63. The second-order valence-corrected chi connectivity index (χ2v) is 7.91. The van der Waals surface area contributed by atoms with E-state index in [1.807, 2.05) is 30.3 Å². The summed E-state index contributed by atoms with van der Waals surface area (Å²) in [5, 5.41) is 5.52. The zero-order chi connectivity index (χ0) is 20.5. The Morgan fingerprint density at radius 2 is 1.82 bits per heavy atom. The summed E-state index contributed by atoms with van der Waals surface area (Å²) in [6.45, 7) is 4.84. The van der Waals surface area contributed by atoms with Gasteiger partial charge in [-0.05, 0) is 54.7 Å². The number of ether oxygens (including phenoxy) is 1. The average Bonchev–Trinajstić information content (AvgIpc) is 2.67. The number of benzene rings is 2. The highest BCUT2D eigenvalue weighted by Crippen LogP contribution is 2.25. The summed E-state index contributed by atoms with van der Waals surface area (Å²) in [6.07, 6.45) is 2.03. The third kappa shape index (κ3) is 7.00. The molecule has 2 amide bonds. The Morgan fingerprint density at radius 1 is 1.11 bits per heavy atom. The summed E-state index contributed by atoms with van der Waals surface area (Å²) in [5.74, 6) is 0.897. The number of carbonyl (C=O) groups excluding carboxylic acids is 2. The Bertz CT molecular complexity index is 804. The number of halogens is 1. The van der Waals surface area contributed by atoms with Gasteiger partial charge in [-0.2, -0.15) is 0 Å². The van der Waals surface area contributed by atoms with Crippen LogP contribution in [0, 0.1) is 5.92 Å². The van der Waals surface area contributed by atoms with Gasteiger partial charge in [0.15, 0.2) is 0 Å². The van der Waals surface area contributed by atoms with Crippen molar-refractivity contribution >= 4 is 33.4 Å². The minimum Gasteiger partial charge on any atom is -0.493 e. The number of carbonyl (C=O) groups is 2. The van der Waals surface area contributed by atoms with Crippen LogP contribution in [0.15, 0.2) is 46.9 Å². The summed E-state index contributed by atoms with van der Waals surface area (Å²) >= 11 is 3.42. The number of rotatable bonds is 9. The molecule has 0 atom stereocenters. The molecule has 0 aliphatic heterocycles. The first kappa shape index (κ1) is 22.0. The number of aryl methyl sites for hydroxylation is 1. The lowest BCUT2D eigenvalue weighted by Crippen LogP contribution is -2.18. The van der Waals surface area contributed by atoms with Crippen LogP contribution in [-0.2, 0) is 11.2 Å². The molecule has 150 valence electrons. The summed E-state index contributed by atoms with van der Waals surface area (Å²) < 4.78 is 6.64. The zero-order valence-corrected chi connectivity index (χ0v) is 18.1. The second-order valence-electron chi connectivity index (χ2n) is 7.00. The maximum Gasteiger partial charge on any atom is 0.259 e. The standard InChI is InChI=1S/C22H27BrN2O3/c1-15(2)12-13-28-20-10-7-17(23)14-19(20)22(27)25-18-8-4-16(5-9-18)6-11-21(26)24-3/h4-5,7-10,14-15H,6,11-13H2,1-3H3,(H,24,26)(H,25,27). The molecule has 0 aromatic heterocycles. The molecule has 0 fully saturated rings. The molecule has 0 bridgehead atoms. The highest BCUT2D eigenvalue weighted by Gasteiger charge is 2.14. The topological polar surface area (TPSA) is 67.4 Å². The van der Waals surface area contributed by atoms with Gasteiger partial charge < -0.3 is 15.4 Å². The van der Waals surface area contributed by atoms with Gasteiger partial charge in [0, 0.05) is 23.6 Å². The number of anilines is 1. The average molecular weight is 447 g/mol. The van der Waals surface area contributed by atoms with E-state index in [1.165, 1.54) is 0 Å². The van der Waals surface area contributed by atoms with Gasteiger partial charge in [-0.25, -0.2) is 0 Å². The molecule has 0 heterocycles. The molecule has 0 aliphatic carbocycles. The van der Waals surface area contributed by atoms with Crippen molar-refractivity contribution in [2.45, 2.75) is 33.1 Å². The van der Waals surface area contributed by atoms with Crippen LogP contribution < -0.4 is 15.4 Å². The monoisotopic (exact) mass is 446 g/mol. The van der Waals surface area contributed by atoms with Crippen molar-refractivity contribution in [3.63, 3.8) is 0 Å². The predicted octanol–water partition coefficient (Wildman–Crippen LogP) is 4.80. The quantitative estimate of drug-likeness (QED) is 0.580. The molecule has 6 heteroatoms. The molecule has 5 nitrogen and oxygen atoms in total. The normalized spacial score (nSPS) is 10.6. The Hall–Kier alpha value is -2.34. The third-order valence-electron chi connectivity index (χ3n) is 4.27. The molecule has 0 spiro atoms. The van der Waals surface area contributed by atoms with Crippen molar-refractivity contribution in [1.82, 2.24) is 5.32 Å². The summed E-state index contributed by atoms with van der Waals surface area (Å²) in [6, 6.07) is 12.9. The lowest BCUT2D eigenvalue weighted by atomic mass is 10.1. The summed E-state index contributed by atoms with van der Waals surface area (Å²) in [5.41, 5.74) is 2.23. The molecule has 28 heavy (non-hydrogen) atoms. The van der Waals surface area contributed by atoms with E-state index in [0.717, 1.165) is 16.5 Å². The highest BCUT2D eigenvalue weighted by molar-refractivity contribution is 9.10. The maximum atomic E-state index is 12.8. The maximum absolute atomic E-state index is 12.8. The number of hydrogen-bond acceptors (Lipinski definition) is 3. The third-order valence-corrected chi connectivity index (χ3v) is 4.76. The minimum atomic E-state index is -0.223. The SMILES string of the molecule is CNC(=O)CCc1ccc(NC(=O)c2cc(Br)ccc2OCCC(C)C)cc1. The van der Waals surface area contributed by atoms with E-state index in [0.29, 0.717) is 42.4 Å². The Kier molecular flexibility index (Phi) is 8.51. The molecule has 0 unspecified atom stereocenters. The Balaban J connectivity index is 2.03. The van der Waals surface area contributed by atoms with E-state index in [1.54, 1.807) is 19.2 Å². The van der Waals surface area contributed by atoms with E-state index in [-0.39, 0.29) is 11.8 Å². The number of hydrogen-bond donors (Lipinski definition) is 2. The summed E-state index contributed by atoms with van der Waals surface area (Å²) in [4.78, 5) is 24.1. The van der Waals surface area contributed by atoms with Crippen LogP contribution in [0.2, 0.25) is 0 Å². The highest BCUT2D eigenvalue weighted by atomic mass is 79.9. The molecule has 0 saturated heterocycles. The smallest absolute Gasteiger partial charge is 0.259 e. The van der Waals surface area contributed by atoms with Crippen LogP contribution in [0.4, 0.5) is 5.69 Å². The van der Waals surface area contributed by atoms with E-state index >= 15 is 0 Å². The fourth-order valence-corrected chi connectivity index (χ4v) is 2.91. The fraction of sp³-hybridized carbons (Fsp3) is 0.364. The van der Waals surface area contributed by atoms with E-state index in [2.05, 4.69) is 40.4 Å². The van der Waals surface area contributed by atoms with Crippen molar-refractivity contribution in [3.05, 3.63) is 58.1 Å². The van der Waals surface area contributed by atoms with Crippen LogP contribution in [0.3, 0.4) is 0 Å². The first-order chi connectivity index (χ1) is 13.4. The van der Waals surface area contributed by atoms with Crippen molar-refractivity contribution in [2.75, 3.05) is 19.0 Å². The Labute approximate surface area is 175 Å². The molecule has 2 aromatic rings. The van der Waals surface area contributed by atoms with E-state index in [9.17, 15) is 9.59 Å². The number of nitrogens with one attached hydrogen (secondary N) is 2. The van der Waals surface area contributed by atoms with Gasteiger partial charge in [0.05, 0.1) is 12.2 Å². The van der Waals surface area contributed by atoms with Crippen molar-refractivity contribution in [3.8, 4) is 5.75 Å². The van der Waals surface area contributed by atoms with Crippen LogP contribution in [0.1, 0.15) is 42.6 Å². The van der Waals surface area contributed by atoms with Crippen molar-refractivity contribution in [2.24, 2.45) is 5.92 Å². The van der Waals surface area contributed by atoms with Gasteiger partial charge in [0.25, 0.3) is 5.91 Å². The first-order valence-corrected chi connectivity index (χ1v) is 10.2. The Morgan fingerprint density at radius 3 is 2.46 bits per heavy atom.